The second-order valence-electron chi connectivity index (χ2n) is 5.89. The van der Waals surface area contributed by atoms with Gasteiger partial charge in [-0.3, -0.25) is 0 Å². The lowest BCUT2D eigenvalue weighted by molar-refractivity contribution is 0.369. The minimum Gasteiger partial charge on any atom is -0.315 e. The zero-order valence-corrected chi connectivity index (χ0v) is 13.0. The average Bonchev–Trinajstić information content (AvgIpc) is 3.03. The van der Waals surface area contributed by atoms with E-state index in [-0.39, 0.29) is 0 Å². The monoisotopic (exact) mass is 295 g/mol. The van der Waals surface area contributed by atoms with Crippen LogP contribution < -0.4 is 4.90 Å². The van der Waals surface area contributed by atoms with E-state index in [0.29, 0.717) is 24.4 Å². The maximum absolute atomic E-state index is 5.53. The van der Waals surface area contributed by atoms with Crippen molar-refractivity contribution in [3.8, 4) is 23.7 Å². The Morgan fingerprint density at radius 1 is 1.32 bits per heavy atom. The fraction of sp³-hybridized carbons (Fsp3) is 0.444. The Balaban J connectivity index is 1.85. The summed E-state index contributed by atoms with van der Waals surface area (Å²) in [5, 5.41) is 4.13. The van der Waals surface area contributed by atoms with Gasteiger partial charge in [-0.1, -0.05) is 54.1 Å². The Labute approximate surface area is 131 Å². The summed E-state index contributed by atoms with van der Waals surface area (Å²) in [6, 6.07) is 9.06. The fourth-order valence-electron chi connectivity index (χ4n) is 3.08. The molecule has 0 N–H and O–H groups in total. The molecule has 0 unspecified atom stereocenters. The molecule has 1 aliphatic carbocycles. The third kappa shape index (κ3) is 3.14. The smallest absolute Gasteiger partial charge is 0.315 e. The first kappa shape index (κ1) is 14.6. The first-order chi connectivity index (χ1) is 10.8. The predicted molar refractivity (Wildman–Crippen MR) is 87.5 cm³/mol. The van der Waals surface area contributed by atoms with Crippen LogP contribution in [0.4, 0.5) is 6.01 Å². The minimum atomic E-state index is 0.413. The maximum atomic E-state index is 5.53. The van der Waals surface area contributed by atoms with Crippen LogP contribution in [-0.4, -0.2) is 22.7 Å². The van der Waals surface area contributed by atoms with Crippen LogP contribution in [0.1, 0.15) is 37.7 Å². The lowest BCUT2D eigenvalue weighted by atomic mass is 9.94. The molecular formula is C18H21N3O. The molecule has 0 saturated heterocycles. The zero-order valence-electron chi connectivity index (χ0n) is 13.0. The van der Waals surface area contributed by atoms with Gasteiger partial charge < -0.3 is 9.42 Å². The van der Waals surface area contributed by atoms with Crippen LogP contribution in [0.2, 0.25) is 0 Å². The highest BCUT2D eigenvalue weighted by atomic mass is 16.5. The van der Waals surface area contributed by atoms with Gasteiger partial charge in [-0.15, -0.1) is 6.42 Å². The molecule has 114 valence electrons. The minimum absolute atomic E-state index is 0.413. The van der Waals surface area contributed by atoms with E-state index in [9.17, 15) is 0 Å². The number of terminal acetylenes is 1. The molecule has 0 spiro atoms. The van der Waals surface area contributed by atoms with Gasteiger partial charge in [-0.05, 0) is 25.8 Å². The standard InChI is InChI=1S/C18H21N3O/c1-3-12-21(16-10-5-4-6-11-16)18-19-17(20-22-18)15-9-7-8-14(2)13-15/h1,7-9,13,16H,4-6,10-12H2,2H3. The topological polar surface area (TPSA) is 42.2 Å². The van der Waals surface area contributed by atoms with Crippen LogP contribution in [0.25, 0.3) is 11.4 Å². The van der Waals surface area contributed by atoms with Gasteiger partial charge in [-0.25, -0.2) is 0 Å². The van der Waals surface area contributed by atoms with E-state index < -0.39 is 0 Å². The lowest BCUT2D eigenvalue weighted by Gasteiger charge is -2.31. The van der Waals surface area contributed by atoms with Crippen molar-refractivity contribution in [2.45, 2.75) is 45.1 Å². The summed E-state index contributed by atoms with van der Waals surface area (Å²) < 4.78 is 5.50. The molecular weight excluding hydrogens is 274 g/mol. The number of anilines is 1. The average molecular weight is 295 g/mol. The zero-order chi connectivity index (χ0) is 15.4. The van der Waals surface area contributed by atoms with Gasteiger partial charge in [0.2, 0.25) is 5.82 Å². The first-order valence-corrected chi connectivity index (χ1v) is 7.89. The molecule has 0 aliphatic heterocycles. The molecule has 0 atom stereocenters. The molecule has 0 radical (unpaired) electrons. The number of rotatable bonds is 4. The number of aromatic nitrogens is 2. The summed E-state index contributed by atoms with van der Waals surface area (Å²) in [4.78, 5) is 6.66. The van der Waals surface area contributed by atoms with Crippen molar-refractivity contribution < 1.29 is 4.52 Å². The SMILES string of the molecule is C#CCN(c1nc(-c2cccc(C)c2)no1)C1CCCCC1. The van der Waals surface area contributed by atoms with Gasteiger partial charge in [0.15, 0.2) is 0 Å². The van der Waals surface area contributed by atoms with E-state index in [1.165, 1.54) is 24.8 Å². The van der Waals surface area contributed by atoms with Crippen molar-refractivity contribution in [1.82, 2.24) is 10.1 Å². The van der Waals surface area contributed by atoms with Gasteiger partial charge in [0.1, 0.15) is 0 Å². The lowest BCUT2D eigenvalue weighted by Crippen LogP contribution is -2.37. The Morgan fingerprint density at radius 2 is 2.14 bits per heavy atom. The highest BCUT2D eigenvalue weighted by Crippen LogP contribution is 2.27. The Morgan fingerprint density at radius 3 is 2.86 bits per heavy atom. The second kappa shape index (κ2) is 6.65. The summed E-state index contributed by atoms with van der Waals surface area (Å²) in [5.41, 5.74) is 2.15. The van der Waals surface area contributed by atoms with E-state index in [1.54, 1.807) is 0 Å². The van der Waals surface area contributed by atoms with Crippen molar-refractivity contribution in [3.05, 3.63) is 29.8 Å². The van der Waals surface area contributed by atoms with Crippen molar-refractivity contribution in [2.75, 3.05) is 11.4 Å². The molecule has 1 aromatic carbocycles. The quantitative estimate of drug-likeness (QED) is 0.804. The molecule has 4 nitrogen and oxygen atoms in total. The van der Waals surface area contributed by atoms with Crippen LogP contribution in [0.3, 0.4) is 0 Å². The summed E-state index contributed by atoms with van der Waals surface area (Å²) >= 11 is 0. The van der Waals surface area contributed by atoms with Gasteiger partial charge in [0.25, 0.3) is 0 Å². The van der Waals surface area contributed by atoms with Gasteiger partial charge >= 0.3 is 6.01 Å². The van der Waals surface area contributed by atoms with Crippen molar-refractivity contribution in [1.29, 1.82) is 0 Å². The molecule has 1 aliphatic rings. The fourth-order valence-corrected chi connectivity index (χ4v) is 3.08. The molecule has 2 aromatic rings. The van der Waals surface area contributed by atoms with Crippen LogP contribution in [0.5, 0.6) is 0 Å². The van der Waals surface area contributed by atoms with Gasteiger partial charge in [-0.2, -0.15) is 4.98 Å². The van der Waals surface area contributed by atoms with Crippen LogP contribution >= 0.6 is 0 Å². The predicted octanol–water partition coefficient (Wildman–Crippen LogP) is 3.82. The number of hydrogen-bond acceptors (Lipinski definition) is 4. The summed E-state index contributed by atoms with van der Waals surface area (Å²) in [5.74, 6) is 3.34. The Kier molecular flexibility index (Phi) is 4.43. The van der Waals surface area contributed by atoms with E-state index in [2.05, 4.69) is 40.0 Å². The number of hydrogen-bond donors (Lipinski definition) is 0. The van der Waals surface area contributed by atoms with Crippen molar-refractivity contribution >= 4 is 6.01 Å². The molecule has 0 amide bonds. The normalized spacial score (nSPS) is 15.5. The molecule has 1 heterocycles. The number of aryl methyl sites for hydroxylation is 1. The van der Waals surface area contributed by atoms with E-state index in [1.807, 2.05) is 12.1 Å². The summed E-state index contributed by atoms with van der Waals surface area (Å²) in [6.45, 7) is 2.57. The first-order valence-electron chi connectivity index (χ1n) is 7.89. The maximum Gasteiger partial charge on any atom is 0.325 e. The molecule has 1 saturated carbocycles. The third-order valence-electron chi connectivity index (χ3n) is 4.21. The highest BCUT2D eigenvalue weighted by molar-refractivity contribution is 5.56. The highest BCUT2D eigenvalue weighted by Gasteiger charge is 2.25. The van der Waals surface area contributed by atoms with E-state index in [0.717, 1.165) is 18.4 Å². The van der Waals surface area contributed by atoms with Crippen molar-refractivity contribution in [2.24, 2.45) is 0 Å². The molecule has 1 fully saturated rings. The van der Waals surface area contributed by atoms with Crippen LogP contribution in [0, 0.1) is 19.3 Å². The van der Waals surface area contributed by atoms with Crippen molar-refractivity contribution in [3.63, 3.8) is 0 Å². The number of nitrogens with zero attached hydrogens (tertiary/aromatic N) is 3. The summed E-state index contributed by atoms with van der Waals surface area (Å²) in [6.07, 6.45) is 11.6. The molecule has 4 heteroatoms. The van der Waals surface area contributed by atoms with E-state index in [4.69, 9.17) is 10.9 Å². The van der Waals surface area contributed by atoms with E-state index >= 15 is 0 Å². The van der Waals surface area contributed by atoms with Crippen LogP contribution in [0.15, 0.2) is 28.8 Å². The molecule has 1 aromatic heterocycles. The van der Waals surface area contributed by atoms with Gasteiger partial charge in [0.05, 0.1) is 6.54 Å². The molecule has 3 rings (SSSR count). The molecule has 0 bridgehead atoms. The van der Waals surface area contributed by atoms with Gasteiger partial charge in [0, 0.05) is 11.6 Å². The molecule has 22 heavy (non-hydrogen) atoms. The Hall–Kier alpha value is -2.28. The number of benzene rings is 1. The second-order valence-corrected chi connectivity index (χ2v) is 5.89. The third-order valence-corrected chi connectivity index (χ3v) is 4.21. The van der Waals surface area contributed by atoms with Crippen LogP contribution in [-0.2, 0) is 0 Å². The summed E-state index contributed by atoms with van der Waals surface area (Å²) in [7, 11) is 0. The Bertz CT molecular complexity index is 665. The largest absolute Gasteiger partial charge is 0.325 e.